The predicted molar refractivity (Wildman–Crippen MR) is 119 cm³/mol. The Labute approximate surface area is 185 Å². The maximum absolute atomic E-state index is 13.3. The number of ether oxygens (including phenoxy) is 2. The van der Waals surface area contributed by atoms with E-state index < -0.39 is 0 Å². The summed E-state index contributed by atoms with van der Waals surface area (Å²) in [5.41, 5.74) is 7.22. The van der Waals surface area contributed by atoms with Crippen LogP contribution in [0.25, 0.3) is 0 Å². The van der Waals surface area contributed by atoms with Crippen molar-refractivity contribution in [1.82, 2.24) is 14.7 Å². The lowest BCUT2D eigenvalue weighted by atomic mass is 10.00. The summed E-state index contributed by atoms with van der Waals surface area (Å²) >= 11 is 0. The number of nitrogens with two attached hydrogens (primary N) is 1. The molecule has 8 nitrogen and oxygen atoms in total. The van der Waals surface area contributed by atoms with E-state index >= 15 is 0 Å². The number of rotatable bonds is 9. The number of likely N-dealkylation sites (tertiary alicyclic amines) is 1. The lowest BCUT2D eigenvalue weighted by Gasteiger charge is -2.40. The van der Waals surface area contributed by atoms with Crippen LogP contribution in [-0.4, -0.2) is 91.8 Å². The molecule has 2 N–H and O–H groups in total. The van der Waals surface area contributed by atoms with Gasteiger partial charge in [0.15, 0.2) is 0 Å². The maximum Gasteiger partial charge on any atom is 0.337 e. The van der Waals surface area contributed by atoms with Crippen LogP contribution < -0.4 is 5.73 Å². The van der Waals surface area contributed by atoms with Crippen LogP contribution in [0.2, 0.25) is 0 Å². The summed E-state index contributed by atoms with van der Waals surface area (Å²) < 4.78 is 10.2. The van der Waals surface area contributed by atoms with Gasteiger partial charge in [0, 0.05) is 45.4 Å². The molecule has 8 heteroatoms. The van der Waals surface area contributed by atoms with Gasteiger partial charge < -0.3 is 29.9 Å². The minimum Gasteiger partial charge on any atom is -0.465 e. The zero-order valence-electron chi connectivity index (χ0n) is 19.0. The molecule has 2 atom stereocenters. The summed E-state index contributed by atoms with van der Waals surface area (Å²) in [5, 5.41) is 0. The first-order valence-electron chi connectivity index (χ1n) is 11.2. The van der Waals surface area contributed by atoms with Gasteiger partial charge in [-0.15, -0.1) is 0 Å². The Morgan fingerprint density at radius 1 is 1.19 bits per heavy atom. The largest absolute Gasteiger partial charge is 0.465 e. The molecule has 2 aliphatic rings. The van der Waals surface area contributed by atoms with Crippen LogP contribution >= 0.6 is 0 Å². The van der Waals surface area contributed by atoms with Crippen LogP contribution in [0.3, 0.4) is 0 Å². The highest BCUT2D eigenvalue weighted by atomic mass is 16.5. The summed E-state index contributed by atoms with van der Waals surface area (Å²) in [4.78, 5) is 31.4. The smallest absolute Gasteiger partial charge is 0.337 e. The van der Waals surface area contributed by atoms with E-state index in [4.69, 9.17) is 15.2 Å². The standard InChI is InChI=1S/C23H36N4O4/c1-17(8-11-24)25-12-9-20(10-13-25)27-21(16-30-2)15-26(23(27)29)14-18-4-6-19(7-5-18)22(28)31-3/h4-7,17,20-21H,8-16,24H2,1-3H3. The molecule has 2 aliphatic heterocycles. The van der Waals surface area contributed by atoms with Crippen molar-refractivity contribution in [3.05, 3.63) is 35.4 Å². The highest BCUT2D eigenvalue weighted by Crippen LogP contribution is 2.28. The highest BCUT2D eigenvalue weighted by molar-refractivity contribution is 5.89. The SMILES string of the molecule is COCC1CN(Cc2ccc(C(=O)OC)cc2)C(=O)N1C1CCN(C(C)CCN)CC1. The van der Waals surface area contributed by atoms with Gasteiger partial charge in [-0.2, -0.15) is 0 Å². The Balaban J connectivity index is 1.64. The molecule has 0 aromatic heterocycles. The average Bonchev–Trinajstić information content (AvgIpc) is 3.09. The second kappa shape index (κ2) is 10.9. The number of carbonyl (C=O) groups excluding carboxylic acids is 2. The number of urea groups is 1. The molecule has 1 aromatic carbocycles. The Morgan fingerprint density at radius 3 is 2.45 bits per heavy atom. The molecular formula is C23H36N4O4. The number of benzene rings is 1. The third-order valence-electron chi connectivity index (χ3n) is 6.52. The van der Waals surface area contributed by atoms with Crippen molar-refractivity contribution in [2.75, 3.05) is 47.0 Å². The third kappa shape index (κ3) is 5.56. The molecule has 172 valence electrons. The van der Waals surface area contributed by atoms with E-state index in [9.17, 15) is 9.59 Å². The van der Waals surface area contributed by atoms with Gasteiger partial charge in [0.2, 0.25) is 0 Å². The number of methoxy groups -OCH3 is 2. The summed E-state index contributed by atoms with van der Waals surface area (Å²) in [6.07, 6.45) is 2.95. The molecule has 2 heterocycles. The lowest BCUT2D eigenvalue weighted by Crippen LogP contribution is -2.51. The normalized spacial score (nSPS) is 21.5. The molecule has 2 amide bonds. The molecule has 0 saturated carbocycles. The molecule has 2 fully saturated rings. The molecule has 31 heavy (non-hydrogen) atoms. The van der Waals surface area contributed by atoms with Crippen LogP contribution in [-0.2, 0) is 16.0 Å². The fraction of sp³-hybridized carbons (Fsp3) is 0.652. The fourth-order valence-electron chi connectivity index (χ4n) is 4.76. The molecule has 0 spiro atoms. The van der Waals surface area contributed by atoms with E-state index in [1.807, 2.05) is 17.0 Å². The van der Waals surface area contributed by atoms with E-state index in [0.29, 0.717) is 37.8 Å². The van der Waals surface area contributed by atoms with Gasteiger partial charge >= 0.3 is 12.0 Å². The van der Waals surface area contributed by atoms with E-state index in [2.05, 4.69) is 16.7 Å². The van der Waals surface area contributed by atoms with Gasteiger partial charge in [-0.3, -0.25) is 0 Å². The number of esters is 1. The first-order valence-corrected chi connectivity index (χ1v) is 11.2. The lowest BCUT2D eigenvalue weighted by molar-refractivity contribution is 0.0600. The van der Waals surface area contributed by atoms with Crippen molar-refractivity contribution in [2.45, 2.75) is 50.9 Å². The van der Waals surface area contributed by atoms with Gasteiger partial charge in [-0.05, 0) is 50.4 Å². The summed E-state index contributed by atoms with van der Waals surface area (Å²) in [5.74, 6) is -0.359. The van der Waals surface area contributed by atoms with Gasteiger partial charge in [-0.1, -0.05) is 12.1 Å². The Hall–Kier alpha value is -2.16. The molecule has 2 unspecified atom stereocenters. The number of piperidine rings is 1. The number of nitrogens with zero attached hydrogens (tertiary/aromatic N) is 3. The second-order valence-electron chi connectivity index (χ2n) is 8.56. The van der Waals surface area contributed by atoms with E-state index in [1.165, 1.54) is 7.11 Å². The Kier molecular flexibility index (Phi) is 8.28. The minimum absolute atomic E-state index is 0.0601. The van der Waals surface area contributed by atoms with E-state index in [0.717, 1.165) is 37.9 Å². The molecule has 1 aromatic rings. The van der Waals surface area contributed by atoms with Crippen LogP contribution in [0.15, 0.2) is 24.3 Å². The molecule has 0 radical (unpaired) electrons. The van der Waals surface area contributed by atoms with Crippen LogP contribution in [0.5, 0.6) is 0 Å². The fourth-order valence-corrected chi connectivity index (χ4v) is 4.76. The quantitative estimate of drug-likeness (QED) is 0.600. The van der Waals surface area contributed by atoms with Crippen LogP contribution in [0, 0.1) is 0 Å². The Morgan fingerprint density at radius 2 is 1.87 bits per heavy atom. The van der Waals surface area contributed by atoms with E-state index in [-0.39, 0.29) is 24.1 Å². The first-order chi connectivity index (χ1) is 15.0. The zero-order chi connectivity index (χ0) is 22.4. The average molecular weight is 433 g/mol. The van der Waals surface area contributed by atoms with Crippen molar-refractivity contribution in [2.24, 2.45) is 5.73 Å². The maximum atomic E-state index is 13.3. The van der Waals surface area contributed by atoms with Crippen molar-refractivity contribution >= 4 is 12.0 Å². The second-order valence-corrected chi connectivity index (χ2v) is 8.56. The van der Waals surface area contributed by atoms with Gasteiger partial charge in [0.25, 0.3) is 0 Å². The number of hydrogen-bond acceptors (Lipinski definition) is 6. The molecule has 2 saturated heterocycles. The molecule has 3 rings (SSSR count). The van der Waals surface area contributed by atoms with Crippen molar-refractivity contribution < 1.29 is 19.1 Å². The molecular weight excluding hydrogens is 396 g/mol. The zero-order valence-corrected chi connectivity index (χ0v) is 19.0. The predicted octanol–water partition coefficient (Wildman–Crippen LogP) is 1.93. The van der Waals surface area contributed by atoms with Gasteiger partial charge in [-0.25, -0.2) is 9.59 Å². The molecule has 0 bridgehead atoms. The monoisotopic (exact) mass is 432 g/mol. The van der Waals surface area contributed by atoms with Crippen molar-refractivity contribution in [3.8, 4) is 0 Å². The number of hydrogen-bond donors (Lipinski definition) is 1. The van der Waals surface area contributed by atoms with Crippen LogP contribution in [0.1, 0.15) is 42.1 Å². The van der Waals surface area contributed by atoms with Crippen molar-refractivity contribution in [1.29, 1.82) is 0 Å². The number of amides is 2. The molecule has 0 aliphatic carbocycles. The van der Waals surface area contributed by atoms with Gasteiger partial charge in [0.1, 0.15) is 0 Å². The number of carbonyl (C=O) groups is 2. The van der Waals surface area contributed by atoms with Crippen LogP contribution in [0.4, 0.5) is 4.79 Å². The summed E-state index contributed by atoms with van der Waals surface area (Å²) in [6.45, 7) is 6.62. The summed E-state index contributed by atoms with van der Waals surface area (Å²) in [7, 11) is 3.06. The summed E-state index contributed by atoms with van der Waals surface area (Å²) in [6, 6.07) is 8.10. The first kappa shape index (κ1) is 23.5. The third-order valence-corrected chi connectivity index (χ3v) is 6.52. The van der Waals surface area contributed by atoms with E-state index in [1.54, 1.807) is 19.2 Å². The van der Waals surface area contributed by atoms with Gasteiger partial charge in [0.05, 0.1) is 25.3 Å². The van der Waals surface area contributed by atoms with Crippen molar-refractivity contribution in [3.63, 3.8) is 0 Å². The Bertz CT molecular complexity index is 734. The minimum atomic E-state index is -0.359. The topological polar surface area (TPSA) is 88.3 Å². The highest BCUT2D eigenvalue weighted by Gasteiger charge is 2.42.